The highest BCUT2D eigenvalue weighted by atomic mass is 79.9. The van der Waals surface area contributed by atoms with E-state index in [9.17, 15) is 4.39 Å². The van der Waals surface area contributed by atoms with E-state index in [4.69, 9.17) is 4.74 Å². The Morgan fingerprint density at radius 3 is 3.00 bits per heavy atom. The van der Waals surface area contributed by atoms with Crippen molar-refractivity contribution >= 4 is 15.9 Å². The first kappa shape index (κ1) is 7.25. The van der Waals surface area contributed by atoms with Gasteiger partial charge in [0.15, 0.2) is 0 Å². The zero-order valence-electron chi connectivity index (χ0n) is 5.73. The largest absolute Gasteiger partial charge is 0.372 e. The Kier molecular flexibility index (Phi) is 1.69. The van der Waals surface area contributed by atoms with Gasteiger partial charge < -0.3 is 4.74 Å². The highest BCUT2D eigenvalue weighted by Crippen LogP contribution is 2.27. The lowest BCUT2D eigenvalue weighted by Gasteiger charge is -1.99. The molecule has 11 heavy (non-hydrogen) atoms. The first-order chi connectivity index (χ1) is 5.29. The molecule has 1 nitrogen and oxygen atoms in total. The molecular weight excluding hydrogens is 211 g/mol. The molecule has 0 radical (unpaired) electrons. The van der Waals surface area contributed by atoms with Crippen LogP contribution in [0.2, 0.25) is 0 Å². The normalized spacial score (nSPS) is 15.1. The van der Waals surface area contributed by atoms with Gasteiger partial charge >= 0.3 is 0 Å². The fourth-order valence-corrected chi connectivity index (χ4v) is 1.56. The van der Waals surface area contributed by atoms with Crippen molar-refractivity contribution in [3.63, 3.8) is 0 Å². The van der Waals surface area contributed by atoms with Crippen molar-refractivity contribution in [3.8, 4) is 0 Å². The van der Waals surface area contributed by atoms with E-state index in [1.165, 1.54) is 0 Å². The summed E-state index contributed by atoms with van der Waals surface area (Å²) in [4.78, 5) is 0. The van der Waals surface area contributed by atoms with E-state index in [2.05, 4.69) is 15.9 Å². The van der Waals surface area contributed by atoms with Gasteiger partial charge in [-0.1, -0.05) is 6.07 Å². The molecule has 0 amide bonds. The number of benzene rings is 1. The monoisotopic (exact) mass is 216 g/mol. The molecule has 1 aliphatic rings. The number of hydrogen-bond donors (Lipinski definition) is 0. The van der Waals surface area contributed by atoms with Gasteiger partial charge in [-0.2, -0.15) is 0 Å². The van der Waals surface area contributed by atoms with Crippen LogP contribution in [0.15, 0.2) is 16.6 Å². The van der Waals surface area contributed by atoms with Crippen molar-refractivity contribution in [1.82, 2.24) is 0 Å². The predicted molar refractivity (Wildman–Crippen MR) is 42.6 cm³/mol. The maximum atomic E-state index is 13.2. The van der Waals surface area contributed by atoms with Gasteiger partial charge in [0.05, 0.1) is 17.7 Å². The molecule has 1 aromatic carbocycles. The SMILES string of the molecule is Fc1c(Br)ccc2c1COC2. The molecule has 0 saturated heterocycles. The lowest BCUT2D eigenvalue weighted by atomic mass is 10.1. The third-order valence-electron chi connectivity index (χ3n) is 1.80. The van der Waals surface area contributed by atoms with Crippen molar-refractivity contribution in [2.45, 2.75) is 13.2 Å². The molecule has 0 fully saturated rings. The summed E-state index contributed by atoms with van der Waals surface area (Å²) < 4.78 is 18.8. The Hall–Kier alpha value is -0.410. The van der Waals surface area contributed by atoms with Crippen molar-refractivity contribution in [2.24, 2.45) is 0 Å². The molecule has 2 rings (SSSR count). The third kappa shape index (κ3) is 1.08. The summed E-state index contributed by atoms with van der Waals surface area (Å²) >= 11 is 3.12. The minimum absolute atomic E-state index is 0.181. The lowest BCUT2D eigenvalue weighted by Crippen LogP contribution is -1.88. The number of halogens is 2. The van der Waals surface area contributed by atoms with E-state index < -0.39 is 0 Å². The molecule has 0 unspecified atom stereocenters. The van der Waals surface area contributed by atoms with E-state index in [0.29, 0.717) is 23.2 Å². The minimum atomic E-state index is -0.181. The second-order valence-electron chi connectivity index (χ2n) is 2.49. The number of hydrogen-bond acceptors (Lipinski definition) is 1. The lowest BCUT2D eigenvalue weighted by molar-refractivity contribution is 0.133. The van der Waals surface area contributed by atoms with Crippen LogP contribution in [-0.4, -0.2) is 0 Å². The zero-order valence-corrected chi connectivity index (χ0v) is 7.32. The van der Waals surface area contributed by atoms with Crippen LogP contribution in [0.4, 0.5) is 4.39 Å². The second-order valence-corrected chi connectivity index (χ2v) is 3.35. The van der Waals surface area contributed by atoms with Crippen molar-refractivity contribution < 1.29 is 9.13 Å². The molecule has 1 aromatic rings. The van der Waals surface area contributed by atoms with Crippen LogP contribution in [-0.2, 0) is 18.0 Å². The number of fused-ring (bicyclic) bond motifs is 1. The van der Waals surface area contributed by atoms with Crippen LogP contribution in [0, 0.1) is 5.82 Å². The fourth-order valence-electron chi connectivity index (χ4n) is 1.19. The Morgan fingerprint density at radius 2 is 2.18 bits per heavy atom. The molecule has 0 atom stereocenters. The van der Waals surface area contributed by atoms with Gasteiger partial charge in [-0.25, -0.2) is 4.39 Å². The van der Waals surface area contributed by atoms with Gasteiger partial charge in [-0.15, -0.1) is 0 Å². The van der Waals surface area contributed by atoms with E-state index in [0.717, 1.165) is 5.56 Å². The predicted octanol–water partition coefficient (Wildman–Crippen LogP) is 2.62. The minimum Gasteiger partial charge on any atom is -0.372 e. The van der Waals surface area contributed by atoms with Gasteiger partial charge in [-0.3, -0.25) is 0 Å². The van der Waals surface area contributed by atoms with E-state index >= 15 is 0 Å². The van der Waals surface area contributed by atoms with Crippen LogP contribution >= 0.6 is 15.9 Å². The smallest absolute Gasteiger partial charge is 0.143 e. The molecule has 3 heteroatoms. The van der Waals surface area contributed by atoms with Crippen LogP contribution in [0.3, 0.4) is 0 Å². The summed E-state index contributed by atoms with van der Waals surface area (Å²) in [6.07, 6.45) is 0. The molecule has 1 aliphatic heterocycles. The standard InChI is InChI=1S/C8H6BrFO/c9-7-2-1-5-3-11-4-6(5)8(7)10/h1-2H,3-4H2. The molecular formula is C8H6BrFO. The van der Waals surface area contributed by atoms with Crippen molar-refractivity contribution in [1.29, 1.82) is 0 Å². The van der Waals surface area contributed by atoms with Gasteiger partial charge in [0.25, 0.3) is 0 Å². The van der Waals surface area contributed by atoms with Gasteiger partial charge in [-0.05, 0) is 27.6 Å². The summed E-state index contributed by atoms with van der Waals surface area (Å²) in [6, 6.07) is 3.60. The fraction of sp³-hybridized carbons (Fsp3) is 0.250. The van der Waals surface area contributed by atoms with Crippen LogP contribution < -0.4 is 0 Å². The number of rotatable bonds is 0. The molecule has 0 aromatic heterocycles. The van der Waals surface area contributed by atoms with Crippen LogP contribution in [0.1, 0.15) is 11.1 Å². The molecule has 1 heterocycles. The van der Waals surface area contributed by atoms with Crippen LogP contribution in [0.25, 0.3) is 0 Å². The Labute approximate surface area is 72.3 Å². The summed E-state index contributed by atoms with van der Waals surface area (Å²) in [5, 5.41) is 0. The van der Waals surface area contributed by atoms with Crippen LogP contribution in [0.5, 0.6) is 0 Å². The van der Waals surface area contributed by atoms with Gasteiger partial charge in [0.2, 0.25) is 0 Å². The first-order valence-electron chi connectivity index (χ1n) is 3.32. The molecule has 0 N–H and O–H groups in total. The molecule has 0 bridgehead atoms. The van der Waals surface area contributed by atoms with Gasteiger partial charge in [0.1, 0.15) is 5.82 Å². The summed E-state index contributed by atoms with van der Waals surface area (Å²) in [7, 11) is 0. The topological polar surface area (TPSA) is 9.23 Å². The van der Waals surface area contributed by atoms with Gasteiger partial charge in [0, 0.05) is 5.56 Å². The molecule has 0 spiro atoms. The average molecular weight is 217 g/mol. The third-order valence-corrected chi connectivity index (χ3v) is 2.41. The van der Waals surface area contributed by atoms with Crippen molar-refractivity contribution in [3.05, 3.63) is 33.5 Å². The van der Waals surface area contributed by atoms with E-state index in [-0.39, 0.29) is 5.82 Å². The highest BCUT2D eigenvalue weighted by molar-refractivity contribution is 9.10. The first-order valence-corrected chi connectivity index (χ1v) is 4.12. The molecule has 58 valence electrons. The zero-order chi connectivity index (χ0) is 7.84. The maximum Gasteiger partial charge on any atom is 0.143 e. The maximum absolute atomic E-state index is 13.2. The average Bonchev–Trinajstić information content (AvgIpc) is 2.45. The quantitative estimate of drug-likeness (QED) is 0.648. The Morgan fingerprint density at radius 1 is 1.36 bits per heavy atom. The Balaban J connectivity index is 2.62. The second kappa shape index (κ2) is 2.57. The van der Waals surface area contributed by atoms with E-state index in [1.54, 1.807) is 6.07 Å². The summed E-state index contributed by atoms with van der Waals surface area (Å²) in [5.74, 6) is -0.181. The molecule has 0 aliphatic carbocycles. The number of ether oxygens (including phenoxy) is 1. The molecule has 0 saturated carbocycles. The highest BCUT2D eigenvalue weighted by Gasteiger charge is 2.16. The summed E-state index contributed by atoms with van der Waals surface area (Å²) in [5.41, 5.74) is 1.66. The van der Waals surface area contributed by atoms with E-state index in [1.807, 2.05) is 6.07 Å². The summed E-state index contributed by atoms with van der Waals surface area (Å²) in [6.45, 7) is 0.945. The Bertz CT molecular complexity index is 298. The van der Waals surface area contributed by atoms with Crippen molar-refractivity contribution in [2.75, 3.05) is 0 Å².